The first-order valence-corrected chi connectivity index (χ1v) is 9.72. The van der Waals surface area contributed by atoms with Crippen molar-refractivity contribution in [1.82, 2.24) is 0 Å². The van der Waals surface area contributed by atoms with Crippen molar-refractivity contribution in [3.63, 3.8) is 0 Å². The van der Waals surface area contributed by atoms with Crippen LogP contribution in [0.4, 0.5) is 10.1 Å². The minimum absolute atomic E-state index is 0.279. The van der Waals surface area contributed by atoms with Gasteiger partial charge >= 0.3 is 0 Å². The number of rotatable bonds is 3. The van der Waals surface area contributed by atoms with Gasteiger partial charge in [0.15, 0.2) is 0 Å². The maximum atomic E-state index is 12.9. The Bertz CT molecular complexity index is 852. The van der Waals surface area contributed by atoms with Gasteiger partial charge in [0.25, 0.3) is 5.91 Å². The molecule has 6 heteroatoms. The molecule has 1 aromatic heterocycles. The number of aromatic hydroxyl groups is 1. The van der Waals surface area contributed by atoms with E-state index < -0.39 is 5.91 Å². The molecule has 0 fully saturated rings. The zero-order chi connectivity index (χ0) is 21.3. The number of nitrogens with two attached hydrogens (primary N) is 1. The fourth-order valence-corrected chi connectivity index (χ4v) is 3.28. The molecule has 0 aliphatic heterocycles. The van der Waals surface area contributed by atoms with Gasteiger partial charge in [0.2, 0.25) is 0 Å². The molecule has 0 radical (unpaired) electrons. The Morgan fingerprint density at radius 3 is 1.96 bits per heavy atom. The number of halogens is 1. The number of anilines is 1. The standard InChI is InChI=1S/C13H13FN2OS.C7H8O.C2H6/c1-16(2)10-7-11(18-12(10)13(15)17)8-3-5-9(14)6-4-8;1-6-2-4-7(8)5-3-6;1-2/h3-7H,1-2H3,(H2,15,17);2-5,8H,1H3;1-2H3. The van der Waals surface area contributed by atoms with Gasteiger partial charge in [-0.15, -0.1) is 11.3 Å². The van der Waals surface area contributed by atoms with E-state index in [0.717, 1.165) is 16.1 Å². The van der Waals surface area contributed by atoms with Crippen molar-refractivity contribution in [3.05, 3.63) is 70.9 Å². The molecule has 0 atom stereocenters. The monoisotopic (exact) mass is 402 g/mol. The molecule has 3 aromatic rings. The summed E-state index contributed by atoms with van der Waals surface area (Å²) < 4.78 is 12.9. The van der Waals surface area contributed by atoms with Crippen LogP contribution in [0.5, 0.6) is 5.75 Å². The first-order chi connectivity index (χ1) is 13.3. The SMILES string of the molecule is CC.CN(C)c1cc(-c2ccc(F)cc2)sc1C(N)=O.Cc1ccc(O)cc1. The van der Waals surface area contributed by atoms with Gasteiger partial charge in [-0.25, -0.2) is 4.39 Å². The number of aryl methyl sites for hydroxylation is 1. The molecule has 4 nitrogen and oxygen atoms in total. The molecule has 0 aliphatic rings. The Hall–Kier alpha value is -2.86. The zero-order valence-corrected chi connectivity index (χ0v) is 17.7. The third-order valence-corrected chi connectivity index (χ3v) is 4.77. The lowest BCUT2D eigenvalue weighted by Gasteiger charge is -2.10. The molecule has 3 rings (SSSR count). The second kappa shape index (κ2) is 11.1. The number of carbonyl (C=O) groups is 1. The molecule has 28 heavy (non-hydrogen) atoms. The maximum absolute atomic E-state index is 12.9. The average molecular weight is 403 g/mol. The lowest BCUT2D eigenvalue weighted by atomic mass is 10.2. The lowest BCUT2D eigenvalue weighted by Crippen LogP contribution is -2.15. The Balaban J connectivity index is 0.000000327. The molecule has 150 valence electrons. The lowest BCUT2D eigenvalue weighted by molar-refractivity contribution is 0.100. The van der Waals surface area contributed by atoms with Crippen molar-refractivity contribution in [2.24, 2.45) is 5.73 Å². The van der Waals surface area contributed by atoms with Crippen LogP contribution >= 0.6 is 11.3 Å². The molecule has 2 aromatic carbocycles. The van der Waals surface area contributed by atoms with Crippen LogP contribution in [0.25, 0.3) is 10.4 Å². The van der Waals surface area contributed by atoms with E-state index in [1.165, 1.54) is 29.0 Å². The molecule has 1 amide bonds. The second-order valence-electron chi connectivity index (χ2n) is 5.93. The van der Waals surface area contributed by atoms with Gasteiger partial charge in [-0.1, -0.05) is 43.7 Å². The molecular weight excluding hydrogens is 375 g/mol. The number of thiophene rings is 1. The number of carbonyl (C=O) groups excluding carboxylic acids is 1. The summed E-state index contributed by atoms with van der Waals surface area (Å²) in [6.45, 7) is 5.99. The Labute approximate surface area is 170 Å². The van der Waals surface area contributed by atoms with Crippen LogP contribution < -0.4 is 10.6 Å². The minimum Gasteiger partial charge on any atom is -0.508 e. The molecule has 0 saturated heterocycles. The highest BCUT2D eigenvalue weighted by Crippen LogP contribution is 2.35. The number of amides is 1. The van der Waals surface area contributed by atoms with Crippen LogP contribution in [0.15, 0.2) is 54.6 Å². The fraction of sp³-hybridized carbons (Fsp3) is 0.227. The first-order valence-electron chi connectivity index (χ1n) is 8.90. The largest absolute Gasteiger partial charge is 0.508 e. The van der Waals surface area contributed by atoms with E-state index in [4.69, 9.17) is 10.8 Å². The van der Waals surface area contributed by atoms with Gasteiger partial charge in [0.1, 0.15) is 16.4 Å². The minimum atomic E-state index is -0.447. The number of hydrogen-bond donors (Lipinski definition) is 2. The molecular formula is C22H27FN2O2S. The second-order valence-corrected chi connectivity index (χ2v) is 6.98. The smallest absolute Gasteiger partial charge is 0.260 e. The van der Waals surface area contributed by atoms with Crippen LogP contribution in [-0.4, -0.2) is 25.1 Å². The quantitative estimate of drug-likeness (QED) is 0.612. The van der Waals surface area contributed by atoms with Crippen molar-refractivity contribution in [2.75, 3.05) is 19.0 Å². The number of hydrogen-bond acceptors (Lipinski definition) is 4. The van der Waals surface area contributed by atoms with Crippen molar-refractivity contribution >= 4 is 22.9 Å². The topological polar surface area (TPSA) is 66.6 Å². The third-order valence-electron chi connectivity index (χ3n) is 3.58. The van der Waals surface area contributed by atoms with Crippen LogP contribution in [0, 0.1) is 12.7 Å². The molecule has 0 bridgehead atoms. The predicted molar refractivity (Wildman–Crippen MR) is 117 cm³/mol. The van der Waals surface area contributed by atoms with Crippen molar-refractivity contribution < 1.29 is 14.3 Å². The van der Waals surface area contributed by atoms with Gasteiger partial charge in [0, 0.05) is 19.0 Å². The van der Waals surface area contributed by atoms with Gasteiger partial charge in [0.05, 0.1) is 5.69 Å². The summed E-state index contributed by atoms with van der Waals surface area (Å²) in [4.78, 5) is 14.6. The summed E-state index contributed by atoms with van der Waals surface area (Å²) in [6, 6.07) is 15.1. The number of nitrogens with zero attached hydrogens (tertiary/aromatic N) is 1. The number of benzene rings is 2. The van der Waals surface area contributed by atoms with E-state index in [0.29, 0.717) is 10.6 Å². The fourth-order valence-electron chi connectivity index (χ4n) is 2.19. The summed E-state index contributed by atoms with van der Waals surface area (Å²) in [5.74, 6) is -0.397. The van der Waals surface area contributed by atoms with Crippen molar-refractivity contribution in [1.29, 1.82) is 0 Å². The summed E-state index contributed by atoms with van der Waals surface area (Å²) in [7, 11) is 3.70. The molecule has 0 unspecified atom stereocenters. The van der Waals surface area contributed by atoms with Crippen LogP contribution in [0.3, 0.4) is 0 Å². The summed E-state index contributed by atoms with van der Waals surface area (Å²) in [5, 5.41) is 8.76. The highest BCUT2D eigenvalue weighted by atomic mass is 32.1. The highest BCUT2D eigenvalue weighted by molar-refractivity contribution is 7.18. The van der Waals surface area contributed by atoms with Gasteiger partial charge < -0.3 is 15.7 Å². The van der Waals surface area contributed by atoms with E-state index in [2.05, 4.69) is 0 Å². The number of phenolic OH excluding ortho intramolecular Hbond substituents is 1. The summed E-state index contributed by atoms with van der Waals surface area (Å²) in [5.41, 5.74) is 8.18. The van der Waals surface area contributed by atoms with Gasteiger partial charge in [-0.2, -0.15) is 0 Å². The first kappa shape index (κ1) is 23.2. The van der Waals surface area contributed by atoms with E-state index >= 15 is 0 Å². The van der Waals surface area contributed by atoms with Gasteiger partial charge in [-0.3, -0.25) is 4.79 Å². The third kappa shape index (κ3) is 6.70. The Kier molecular flexibility index (Phi) is 9.18. The number of primary amides is 1. The summed E-state index contributed by atoms with van der Waals surface area (Å²) in [6.07, 6.45) is 0. The van der Waals surface area contributed by atoms with Crippen LogP contribution in [0.1, 0.15) is 29.1 Å². The van der Waals surface area contributed by atoms with Crippen molar-refractivity contribution in [2.45, 2.75) is 20.8 Å². The summed E-state index contributed by atoms with van der Waals surface area (Å²) >= 11 is 1.32. The van der Waals surface area contributed by atoms with Crippen LogP contribution in [0.2, 0.25) is 0 Å². The predicted octanol–water partition coefficient (Wildman–Crippen LogP) is 5.45. The Morgan fingerprint density at radius 2 is 1.57 bits per heavy atom. The highest BCUT2D eigenvalue weighted by Gasteiger charge is 2.16. The molecule has 0 saturated carbocycles. The van der Waals surface area contributed by atoms with E-state index in [9.17, 15) is 9.18 Å². The van der Waals surface area contributed by atoms with Crippen molar-refractivity contribution in [3.8, 4) is 16.2 Å². The van der Waals surface area contributed by atoms with Crippen LogP contribution in [-0.2, 0) is 0 Å². The molecule has 0 spiro atoms. The van der Waals surface area contributed by atoms with E-state index in [1.54, 1.807) is 24.3 Å². The molecule has 1 heterocycles. The number of phenols is 1. The molecule has 0 aliphatic carbocycles. The Morgan fingerprint density at radius 1 is 1.04 bits per heavy atom. The van der Waals surface area contributed by atoms with E-state index in [-0.39, 0.29) is 5.82 Å². The van der Waals surface area contributed by atoms with Gasteiger partial charge in [-0.05, 0) is 42.8 Å². The normalized spacial score (nSPS) is 9.50. The molecule has 3 N–H and O–H groups in total. The van der Waals surface area contributed by atoms with E-state index in [1.807, 2.05) is 58.0 Å². The average Bonchev–Trinajstić information content (AvgIpc) is 3.13. The zero-order valence-electron chi connectivity index (χ0n) is 16.9. The maximum Gasteiger partial charge on any atom is 0.260 e.